The number of benzene rings is 1. The highest BCUT2D eigenvalue weighted by Gasteiger charge is 2.25. The van der Waals surface area contributed by atoms with E-state index in [2.05, 4.69) is 6.07 Å². The third-order valence-electron chi connectivity index (χ3n) is 4.37. The van der Waals surface area contributed by atoms with Crippen molar-refractivity contribution in [1.29, 1.82) is 0 Å². The Morgan fingerprint density at radius 2 is 1.96 bits per heavy atom. The molecule has 0 aromatic heterocycles. The number of nitrogens with zero attached hydrogens (tertiary/aromatic N) is 2. The third kappa shape index (κ3) is 5.31. The van der Waals surface area contributed by atoms with Gasteiger partial charge in [-0.25, -0.2) is 12.7 Å². The molecule has 0 bridgehead atoms. The Morgan fingerprint density at radius 3 is 2.67 bits per heavy atom. The molecule has 2 rings (SSSR count). The molecule has 1 heterocycles. The van der Waals surface area contributed by atoms with Crippen LogP contribution in [0.25, 0.3) is 0 Å². The van der Waals surface area contributed by atoms with Crippen molar-refractivity contribution < 1.29 is 13.2 Å². The van der Waals surface area contributed by atoms with Crippen molar-refractivity contribution in [1.82, 2.24) is 9.21 Å². The molecule has 0 saturated carbocycles. The lowest BCUT2D eigenvalue weighted by Gasteiger charge is -2.22. The van der Waals surface area contributed by atoms with Crippen LogP contribution in [0.4, 0.5) is 0 Å². The molecule has 0 atom stereocenters. The summed E-state index contributed by atoms with van der Waals surface area (Å²) in [6.07, 6.45) is 2.54. The van der Waals surface area contributed by atoms with Gasteiger partial charge in [-0.2, -0.15) is 0 Å². The van der Waals surface area contributed by atoms with Gasteiger partial charge in [0, 0.05) is 32.6 Å². The number of aryl methyl sites for hydroxylation is 2. The van der Waals surface area contributed by atoms with Crippen molar-refractivity contribution in [2.75, 3.05) is 31.9 Å². The van der Waals surface area contributed by atoms with Crippen LogP contribution in [0.5, 0.6) is 0 Å². The summed E-state index contributed by atoms with van der Waals surface area (Å²) < 4.78 is 25.9. The fourth-order valence-electron chi connectivity index (χ4n) is 3.09. The number of hydrogen-bond acceptors (Lipinski definition) is 3. The predicted octanol–water partition coefficient (Wildman–Crippen LogP) is 2.20. The molecule has 134 valence electrons. The van der Waals surface area contributed by atoms with Gasteiger partial charge in [-0.05, 0) is 31.7 Å². The van der Waals surface area contributed by atoms with Crippen molar-refractivity contribution in [3.8, 4) is 0 Å². The van der Waals surface area contributed by atoms with E-state index in [1.807, 2.05) is 36.9 Å². The van der Waals surface area contributed by atoms with Gasteiger partial charge in [0.1, 0.15) is 0 Å². The van der Waals surface area contributed by atoms with E-state index in [0.29, 0.717) is 45.4 Å². The highest BCUT2D eigenvalue weighted by Crippen LogP contribution is 2.12. The average Bonchev–Trinajstić information content (AvgIpc) is 2.79. The Bertz CT molecular complexity index is 658. The Labute approximate surface area is 145 Å². The molecule has 6 heteroatoms. The highest BCUT2D eigenvalue weighted by atomic mass is 32.2. The first kappa shape index (κ1) is 18.9. The van der Waals surface area contributed by atoms with Crippen molar-refractivity contribution in [2.24, 2.45) is 0 Å². The third-order valence-corrected chi connectivity index (χ3v) is 6.45. The summed E-state index contributed by atoms with van der Waals surface area (Å²) in [5, 5.41) is 0. The van der Waals surface area contributed by atoms with Gasteiger partial charge >= 0.3 is 0 Å². The Balaban J connectivity index is 1.88. The van der Waals surface area contributed by atoms with Crippen molar-refractivity contribution in [2.45, 2.75) is 39.5 Å². The van der Waals surface area contributed by atoms with Crippen LogP contribution in [0.2, 0.25) is 0 Å². The van der Waals surface area contributed by atoms with Gasteiger partial charge in [0.2, 0.25) is 15.9 Å². The lowest BCUT2D eigenvalue weighted by atomic mass is 10.1. The maximum absolute atomic E-state index is 12.4. The van der Waals surface area contributed by atoms with Crippen LogP contribution in [0, 0.1) is 6.92 Å². The van der Waals surface area contributed by atoms with Crippen LogP contribution >= 0.6 is 0 Å². The molecular weight excluding hydrogens is 324 g/mol. The highest BCUT2D eigenvalue weighted by molar-refractivity contribution is 7.89. The largest absolute Gasteiger partial charge is 0.341 e. The minimum atomic E-state index is -3.17. The summed E-state index contributed by atoms with van der Waals surface area (Å²) >= 11 is 0. The van der Waals surface area contributed by atoms with Crippen LogP contribution in [-0.2, 0) is 21.2 Å². The van der Waals surface area contributed by atoms with Crippen LogP contribution in [-0.4, -0.2) is 55.5 Å². The smallest absolute Gasteiger partial charge is 0.222 e. The SMILES string of the molecule is CCCS(=O)(=O)N1CCCN(C(=O)CCc2cccc(C)c2)CC1. The molecule has 1 fully saturated rings. The zero-order valence-electron chi connectivity index (χ0n) is 14.7. The van der Waals surface area contributed by atoms with E-state index < -0.39 is 10.0 Å². The maximum atomic E-state index is 12.4. The summed E-state index contributed by atoms with van der Waals surface area (Å²) in [4.78, 5) is 14.3. The molecule has 24 heavy (non-hydrogen) atoms. The van der Waals surface area contributed by atoms with Crippen LogP contribution < -0.4 is 0 Å². The molecule has 1 amide bonds. The molecule has 1 aliphatic heterocycles. The van der Waals surface area contributed by atoms with Gasteiger partial charge in [-0.15, -0.1) is 0 Å². The first-order valence-electron chi connectivity index (χ1n) is 8.73. The number of sulfonamides is 1. The van der Waals surface area contributed by atoms with Crippen molar-refractivity contribution in [3.05, 3.63) is 35.4 Å². The fourth-order valence-corrected chi connectivity index (χ4v) is 4.63. The second-order valence-electron chi connectivity index (χ2n) is 6.44. The fraction of sp³-hybridized carbons (Fsp3) is 0.611. The predicted molar refractivity (Wildman–Crippen MR) is 96.3 cm³/mol. The zero-order chi connectivity index (χ0) is 17.6. The zero-order valence-corrected chi connectivity index (χ0v) is 15.5. The topological polar surface area (TPSA) is 57.7 Å². The molecule has 1 aromatic carbocycles. The summed E-state index contributed by atoms with van der Waals surface area (Å²) in [7, 11) is -3.17. The van der Waals surface area contributed by atoms with E-state index in [9.17, 15) is 13.2 Å². The average molecular weight is 353 g/mol. The van der Waals surface area contributed by atoms with E-state index in [1.165, 1.54) is 11.1 Å². The van der Waals surface area contributed by atoms with E-state index >= 15 is 0 Å². The molecular formula is C18H28N2O3S. The molecule has 0 spiro atoms. The molecule has 0 N–H and O–H groups in total. The summed E-state index contributed by atoms with van der Waals surface area (Å²) in [5.41, 5.74) is 2.37. The van der Waals surface area contributed by atoms with E-state index in [4.69, 9.17) is 0 Å². The Morgan fingerprint density at radius 1 is 1.17 bits per heavy atom. The van der Waals surface area contributed by atoms with E-state index in [0.717, 1.165) is 6.42 Å². The lowest BCUT2D eigenvalue weighted by molar-refractivity contribution is -0.131. The number of hydrogen-bond donors (Lipinski definition) is 0. The first-order valence-corrected chi connectivity index (χ1v) is 10.3. The lowest BCUT2D eigenvalue weighted by Crippen LogP contribution is -2.38. The number of rotatable bonds is 6. The molecule has 1 aliphatic rings. The normalized spacial score (nSPS) is 16.8. The van der Waals surface area contributed by atoms with Crippen LogP contribution in [0.1, 0.15) is 37.3 Å². The van der Waals surface area contributed by atoms with Gasteiger partial charge < -0.3 is 4.90 Å². The van der Waals surface area contributed by atoms with Gasteiger partial charge in [-0.3, -0.25) is 4.79 Å². The molecule has 0 aliphatic carbocycles. The van der Waals surface area contributed by atoms with Crippen molar-refractivity contribution >= 4 is 15.9 Å². The second-order valence-corrected chi connectivity index (χ2v) is 8.53. The van der Waals surface area contributed by atoms with E-state index in [-0.39, 0.29) is 11.7 Å². The Kier molecular flexibility index (Phi) is 6.80. The number of carbonyl (C=O) groups is 1. The number of carbonyl (C=O) groups excluding carboxylic acids is 1. The molecule has 1 aromatic rings. The van der Waals surface area contributed by atoms with Crippen molar-refractivity contribution in [3.63, 3.8) is 0 Å². The van der Waals surface area contributed by atoms with Gasteiger partial charge in [0.15, 0.2) is 0 Å². The molecule has 0 radical (unpaired) electrons. The molecule has 0 unspecified atom stereocenters. The monoisotopic (exact) mass is 352 g/mol. The van der Waals surface area contributed by atoms with E-state index in [1.54, 1.807) is 4.31 Å². The minimum Gasteiger partial charge on any atom is -0.341 e. The molecule has 1 saturated heterocycles. The van der Waals surface area contributed by atoms with Crippen LogP contribution in [0.15, 0.2) is 24.3 Å². The minimum absolute atomic E-state index is 0.117. The van der Waals surface area contributed by atoms with Gasteiger partial charge in [0.05, 0.1) is 5.75 Å². The standard InChI is InChI=1S/C18H28N2O3S/c1-3-14-24(22,23)20-11-5-10-19(12-13-20)18(21)9-8-17-7-4-6-16(2)15-17/h4,6-7,15H,3,5,8-14H2,1-2H3. The van der Waals surface area contributed by atoms with Crippen LogP contribution in [0.3, 0.4) is 0 Å². The van der Waals surface area contributed by atoms with Gasteiger partial charge in [0.25, 0.3) is 0 Å². The first-order chi connectivity index (χ1) is 11.4. The summed E-state index contributed by atoms with van der Waals surface area (Å²) in [6, 6.07) is 8.21. The Hall–Kier alpha value is -1.40. The van der Waals surface area contributed by atoms with Gasteiger partial charge in [-0.1, -0.05) is 36.8 Å². The second kappa shape index (κ2) is 8.62. The summed E-state index contributed by atoms with van der Waals surface area (Å²) in [5.74, 6) is 0.306. The maximum Gasteiger partial charge on any atom is 0.222 e. The number of amides is 1. The molecule has 5 nitrogen and oxygen atoms in total. The quantitative estimate of drug-likeness (QED) is 0.789. The summed E-state index contributed by atoms with van der Waals surface area (Å²) in [6.45, 7) is 5.99.